The van der Waals surface area contributed by atoms with Gasteiger partial charge in [0.25, 0.3) is 5.91 Å². The fraction of sp³-hybridized carbons (Fsp3) is 0.300. The predicted molar refractivity (Wildman–Crippen MR) is 60.5 cm³/mol. The van der Waals surface area contributed by atoms with E-state index in [2.05, 4.69) is 5.32 Å². The van der Waals surface area contributed by atoms with E-state index in [4.69, 9.17) is 28.3 Å². The van der Waals surface area contributed by atoms with Gasteiger partial charge in [0.05, 0.1) is 22.2 Å². The second-order valence-electron chi connectivity index (χ2n) is 3.16. The van der Waals surface area contributed by atoms with Crippen molar-refractivity contribution in [3.05, 3.63) is 33.8 Å². The predicted octanol–water partition coefficient (Wildman–Crippen LogP) is 2.10. The highest BCUT2D eigenvalue weighted by molar-refractivity contribution is 6.43. The van der Waals surface area contributed by atoms with Crippen LogP contribution in [0.2, 0.25) is 10.0 Å². The van der Waals surface area contributed by atoms with Crippen molar-refractivity contribution < 1.29 is 9.90 Å². The van der Waals surface area contributed by atoms with Crippen molar-refractivity contribution >= 4 is 29.1 Å². The van der Waals surface area contributed by atoms with Crippen molar-refractivity contribution in [1.29, 1.82) is 0 Å². The molecule has 2 N–H and O–H groups in total. The van der Waals surface area contributed by atoms with E-state index in [-0.39, 0.29) is 23.6 Å². The molecule has 1 rings (SSSR count). The Hall–Kier alpha value is -0.770. The summed E-state index contributed by atoms with van der Waals surface area (Å²) in [4.78, 5) is 11.6. The fourth-order valence-electron chi connectivity index (χ4n) is 1.03. The third kappa shape index (κ3) is 3.09. The molecule has 0 saturated heterocycles. The number of aliphatic hydroxyl groups excluding tert-OH is 1. The largest absolute Gasteiger partial charge is 0.394 e. The highest BCUT2D eigenvalue weighted by atomic mass is 35.5. The molecular formula is C10H11Cl2NO2. The number of hydrogen-bond donors (Lipinski definition) is 2. The second-order valence-corrected chi connectivity index (χ2v) is 3.94. The summed E-state index contributed by atoms with van der Waals surface area (Å²) in [5.41, 5.74) is 0.310. The van der Waals surface area contributed by atoms with Gasteiger partial charge in [-0.2, -0.15) is 0 Å². The molecule has 0 aliphatic carbocycles. The van der Waals surface area contributed by atoms with Gasteiger partial charge in [-0.1, -0.05) is 29.3 Å². The average molecular weight is 248 g/mol. The van der Waals surface area contributed by atoms with E-state index in [1.165, 1.54) is 0 Å². The Morgan fingerprint density at radius 1 is 1.53 bits per heavy atom. The molecule has 0 spiro atoms. The maximum absolute atomic E-state index is 11.6. The minimum Gasteiger partial charge on any atom is -0.394 e. The second kappa shape index (κ2) is 5.35. The Bertz CT molecular complexity index is 368. The summed E-state index contributed by atoms with van der Waals surface area (Å²) in [5, 5.41) is 11.9. The van der Waals surface area contributed by atoms with Crippen LogP contribution in [0.4, 0.5) is 0 Å². The smallest absolute Gasteiger partial charge is 0.253 e. The van der Waals surface area contributed by atoms with Gasteiger partial charge in [0.2, 0.25) is 0 Å². The summed E-state index contributed by atoms with van der Waals surface area (Å²) >= 11 is 11.6. The quantitative estimate of drug-likeness (QED) is 0.860. The maximum atomic E-state index is 11.6. The van der Waals surface area contributed by atoms with Gasteiger partial charge in [0, 0.05) is 6.04 Å². The summed E-state index contributed by atoms with van der Waals surface area (Å²) in [6.07, 6.45) is 0. The van der Waals surface area contributed by atoms with E-state index in [1.807, 2.05) is 0 Å². The molecule has 0 aliphatic rings. The van der Waals surface area contributed by atoms with Crippen LogP contribution in [0.3, 0.4) is 0 Å². The van der Waals surface area contributed by atoms with Crippen LogP contribution in [0.5, 0.6) is 0 Å². The minimum atomic E-state index is -0.343. The van der Waals surface area contributed by atoms with Crippen molar-refractivity contribution in [3.63, 3.8) is 0 Å². The Labute approximate surface area is 98.0 Å². The SMILES string of the molecule is C[C@@H](CO)NC(=O)c1cccc(Cl)c1Cl. The standard InChI is InChI=1S/C10H11Cl2NO2/c1-6(5-14)13-10(15)7-3-2-4-8(11)9(7)12/h2-4,6,14H,5H2,1H3,(H,13,15)/t6-/m0/s1. The number of carbonyl (C=O) groups excluding carboxylic acids is 1. The first-order valence-corrected chi connectivity index (χ1v) is 5.17. The first kappa shape index (κ1) is 12.3. The summed E-state index contributed by atoms with van der Waals surface area (Å²) in [7, 11) is 0. The lowest BCUT2D eigenvalue weighted by Crippen LogP contribution is -2.35. The molecule has 15 heavy (non-hydrogen) atoms. The van der Waals surface area contributed by atoms with Gasteiger partial charge in [-0.25, -0.2) is 0 Å². The molecule has 0 aliphatic heterocycles. The molecule has 0 unspecified atom stereocenters. The Balaban J connectivity index is 2.87. The molecule has 1 aromatic carbocycles. The van der Waals surface area contributed by atoms with Crippen LogP contribution in [-0.2, 0) is 0 Å². The van der Waals surface area contributed by atoms with Gasteiger partial charge >= 0.3 is 0 Å². The molecule has 1 atom stereocenters. The molecule has 82 valence electrons. The molecule has 0 saturated carbocycles. The van der Waals surface area contributed by atoms with Crippen LogP contribution in [-0.4, -0.2) is 23.7 Å². The van der Waals surface area contributed by atoms with Gasteiger partial charge in [-0.05, 0) is 19.1 Å². The fourth-order valence-corrected chi connectivity index (χ4v) is 1.41. The molecule has 0 heterocycles. The van der Waals surface area contributed by atoms with Crippen LogP contribution < -0.4 is 5.32 Å². The number of nitrogens with one attached hydrogen (secondary N) is 1. The number of carbonyl (C=O) groups is 1. The third-order valence-electron chi connectivity index (χ3n) is 1.85. The lowest BCUT2D eigenvalue weighted by molar-refractivity contribution is 0.0922. The van der Waals surface area contributed by atoms with Crippen LogP contribution >= 0.6 is 23.2 Å². The van der Waals surface area contributed by atoms with Crippen molar-refractivity contribution in [3.8, 4) is 0 Å². The average Bonchev–Trinajstić information content (AvgIpc) is 2.21. The number of hydrogen-bond acceptors (Lipinski definition) is 2. The van der Waals surface area contributed by atoms with Crippen molar-refractivity contribution in [2.75, 3.05) is 6.61 Å². The van der Waals surface area contributed by atoms with E-state index >= 15 is 0 Å². The summed E-state index contributed by atoms with van der Waals surface area (Å²) < 4.78 is 0. The van der Waals surface area contributed by atoms with E-state index in [0.717, 1.165) is 0 Å². The van der Waals surface area contributed by atoms with E-state index < -0.39 is 0 Å². The topological polar surface area (TPSA) is 49.3 Å². The highest BCUT2D eigenvalue weighted by Gasteiger charge is 2.13. The first-order valence-electron chi connectivity index (χ1n) is 4.42. The van der Waals surface area contributed by atoms with Gasteiger partial charge in [0.1, 0.15) is 0 Å². The normalized spacial score (nSPS) is 12.3. The summed E-state index contributed by atoms with van der Waals surface area (Å²) in [5.74, 6) is -0.343. The van der Waals surface area contributed by atoms with E-state index in [9.17, 15) is 4.79 Å². The molecule has 0 fully saturated rings. The first-order chi connectivity index (χ1) is 7.06. The molecule has 3 nitrogen and oxygen atoms in total. The van der Waals surface area contributed by atoms with Gasteiger partial charge in [-0.15, -0.1) is 0 Å². The number of benzene rings is 1. The minimum absolute atomic E-state index is 0.121. The van der Waals surface area contributed by atoms with Gasteiger partial charge < -0.3 is 10.4 Å². The molecule has 0 bridgehead atoms. The molecule has 1 amide bonds. The zero-order chi connectivity index (χ0) is 11.4. The number of aliphatic hydroxyl groups is 1. The van der Waals surface area contributed by atoms with Crippen molar-refractivity contribution in [2.24, 2.45) is 0 Å². The zero-order valence-corrected chi connectivity index (χ0v) is 9.64. The third-order valence-corrected chi connectivity index (χ3v) is 2.67. The van der Waals surface area contributed by atoms with Crippen LogP contribution in [0, 0.1) is 0 Å². The van der Waals surface area contributed by atoms with Crippen LogP contribution in [0.15, 0.2) is 18.2 Å². The van der Waals surface area contributed by atoms with Crippen molar-refractivity contribution in [1.82, 2.24) is 5.32 Å². The molecule has 0 radical (unpaired) electrons. The van der Waals surface area contributed by atoms with Crippen molar-refractivity contribution in [2.45, 2.75) is 13.0 Å². The van der Waals surface area contributed by atoms with Gasteiger partial charge in [0.15, 0.2) is 0 Å². The van der Waals surface area contributed by atoms with Crippen LogP contribution in [0.1, 0.15) is 17.3 Å². The molecular weight excluding hydrogens is 237 g/mol. The van der Waals surface area contributed by atoms with E-state index in [1.54, 1.807) is 25.1 Å². The Morgan fingerprint density at radius 3 is 2.80 bits per heavy atom. The molecule has 0 aromatic heterocycles. The lowest BCUT2D eigenvalue weighted by Gasteiger charge is -2.11. The Morgan fingerprint density at radius 2 is 2.20 bits per heavy atom. The van der Waals surface area contributed by atoms with Gasteiger partial charge in [-0.3, -0.25) is 4.79 Å². The highest BCUT2D eigenvalue weighted by Crippen LogP contribution is 2.25. The molecule has 5 heteroatoms. The maximum Gasteiger partial charge on any atom is 0.253 e. The summed E-state index contributed by atoms with van der Waals surface area (Å²) in [6.45, 7) is 1.57. The Kier molecular flexibility index (Phi) is 4.39. The lowest BCUT2D eigenvalue weighted by atomic mass is 10.2. The monoisotopic (exact) mass is 247 g/mol. The molecule has 1 aromatic rings. The zero-order valence-electron chi connectivity index (χ0n) is 8.13. The summed E-state index contributed by atoms with van der Waals surface area (Å²) in [6, 6.07) is 4.52. The van der Waals surface area contributed by atoms with Crippen LogP contribution in [0.25, 0.3) is 0 Å². The number of halogens is 2. The number of amides is 1. The number of rotatable bonds is 3. The van der Waals surface area contributed by atoms with E-state index in [0.29, 0.717) is 10.6 Å².